The number of allylic oxidation sites excluding steroid dienone is 1. The maximum atomic E-state index is 9.65. The molecule has 0 aromatic heterocycles. The molecule has 0 saturated heterocycles. The Morgan fingerprint density at radius 3 is 2.33 bits per heavy atom. The Morgan fingerprint density at radius 2 is 1.70 bits per heavy atom. The molecular weight excluding hydrogens is 509 g/mol. The number of methoxy groups -OCH3 is 1. The van der Waals surface area contributed by atoms with Gasteiger partial charge in [-0.05, 0) is 53.6 Å². The van der Waals surface area contributed by atoms with Crippen LogP contribution in [0.3, 0.4) is 0 Å². The van der Waals surface area contributed by atoms with Gasteiger partial charge in [-0.2, -0.15) is 5.26 Å². The van der Waals surface area contributed by atoms with Crippen molar-refractivity contribution in [2.24, 2.45) is 0 Å². The highest BCUT2D eigenvalue weighted by Gasteiger charge is 2.13. The average Bonchev–Trinajstić information content (AvgIpc) is 2.73. The van der Waals surface area contributed by atoms with E-state index in [0.29, 0.717) is 44.3 Å². The second-order valence-corrected chi connectivity index (χ2v) is 8.37. The average molecular weight is 524 g/mol. The van der Waals surface area contributed by atoms with Crippen LogP contribution < -0.4 is 9.47 Å². The van der Waals surface area contributed by atoms with E-state index >= 15 is 0 Å². The second kappa shape index (κ2) is 10.2. The third-order valence-electron chi connectivity index (χ3n) is 4.23. The molecule has 3 nitrogen and oxygen atoms in total. The Bertz CT molecular complexity index is 1140. The first-order valence-corrected chi connectivity index (χ1v) is 10.7. The quantitative estimate of drug-likeness (QED) is 0.242. The van der Waals surface area contributed by atoms with Crippen molar-refractivity contribution in [2.75, 3.05) is 7.11 Å². The van der Waals surface area contributed by atoms with E-state index in [-0.39, 0.29) is 0 Å². The van der Waals surface area contributed by atoms with Crippen LogP contribution in [0.2, 0.25) is 15.1 Å². The molecule has 0 bridgehead atoms. The molecule has 0 atom stereocenters. The van der Waals surface area contributed by atoms with Gasteiger partial charge in [0.15, 0.2) is 11.5 Å². The van der Waals surface area contributed by atoms with E-state index < -0.39 is 0 Å². The van der Waals surface area contributed by atoms with E-state index in [2.05, 4.69) is 22.0 Å². The normalized spacial score (nSPS) is 11.1. The molecule has 0 heterocycles. The zero-order valence-electron chi connectivity index (χ0n) is 15.8. The van der Waals surface area contributed by atoms with Crippen molar-refractivity contribution in [2.45, 2.75) is 6.61 Å². The van der Waals surface area contributed by atoms with E-state index in [1.165, 1.54) is 0 Å². The van der Waals surface area contributed by atoms with Gasteiger partial charge >= 0.3 is 0 Å². The number of hydrogen-bond donors (Lipinski definition) is 0. The third kappa shape index (κ3) is 5.50. The number of nitriles is 1. The highest BCUT2D eigenvalue weighted by atomic mass is 79.9. The molecule has 3 aromatic carbocycles. The van der Waals surface area contributed by atoms with Crippen molar-refractivity contribution in [3.8, 4) is 17.6 Å². The van der Waals surface area contributed by atoms with E-state index in [9.17, 15) is 5.26 Å². The van der Waals surface area contributed by atoms with Gasteiger partial charge in [-0.25, -0.2) is 0 Å². The molecule has 0 aliphatic heterocycles. The van der Waals surface area contributed by atoms with Gasteiger partial charge in [-0.3, -0.25) is 0 Å². The van der Waals surface area contributed by atoms with Crippen LogP contribution in [0.5, 0.6) is 11.5 Å². The SMILES string of the molecule is COc1cc(C=C(C#N)c2ccc(Cl)cc2Cl)c(Br)cc1OCc1ccc(Cl)cc1. The lowest BCUT2D eigenvalue weighted by atomic mass is 10.0. The maximum absolute atomic E-state index is 9.65. The number of halogens is 4. The zero-order chi connectivity index (χ0) is 21.7. The molecule has 7 heteroatoms. The lowest BCUT2D eigenvalue weighted by Gasteiger charge is -2.13. The van der Waals surface area contributed by atoms with E-state index in [0.717, 1.165) is 15.6 Å². The highest BCUT2D eigenvalue weighted by Crippen LogP contribution is 2.36. The summed E-state index contributed by atoms with van der Waals surface area (Å²) in [4.78, 5) is 0. The summed E-state index contributed by atoms with van der Waals surface area (Å²) in [5, 5.41) is 11.2. The van der Waals surface area contributed by atoms with Gasteiger partial charge in [0.05, 0.1) is 23.8 Å². The molecule has 3 aromatic rings. The van der Waals surface area contributed by atoms with Gasteiger partial charge in [0.25, 0.3) is 0 Å². The first-order chi connectivity index (χ1) is 14.4. The fourth-order valence-corrected chi connectivity index (χ4v) is 3.78. The minimum absolute atomic E-state index is 0.360. The van der Waals surface area contributed by atoms with Gasteiger partial charge in [0.1, 0.15) is 6.61 Å². The molecular formula is C23H15BrCl3NO2. The van der Waals surface area contributed by atoms with Crippen molar-refractivity contribution in [3.63, 3.8) is 0 Å². The minimum Gasteiger partial charge on any atom is -0.493 e. The summed E-state index contributed by atoms with van der Waals surface area (Å²) in [6.07, 6.45) is 1.73. The number of ether oxygens (including phenoxy) is 2. The Balaban J connectivity index is 1.91. The smallest absolute Gasteiger partial charge is 0.162 e. The Hall–Kier alpha value is -2.16. The summed E-state index contributed by atoms with van der Waals surface area (Å²) in [6.45, 7) is 0.360. The lowest BCUT2D eigenvalue weighted by molar-refractivity contribution is 0.284. The molecule has 0 amide bonds. The van der Waals surface area contributed by atoms with E-state index in [1.807, 2.05) is 24.3 Å². The molecule has 0 unspecified atom stereocenters. The maximum Gasteiger partial charge on any atom is 0.162 e. The minimum atomic E-state index is 0.360. The molecule has 30 heavy (non-hydrogen) atoms. The van der Waals surface area contributed by atoms with Gasteiger partial charge in [-0.15, -0.1) is 0 Å². The summed E-state index contributed by atoms with van der Waals surface area (Å²) in [6, 6.07) is 18.2. The van der Waals surface area contributed by atoms with Crippen LogP contribution >= 0.6 is 50.7 Å². The Kier molecular flexibility index (Phi) is 7.69. The fourth-order valence-electron chi connectivity index (χ4n) is 2.71. The largest absolute Gasteiger partial charge is 0.493 e. The molecule has 0 spiro atoms. The second-order valence-electron chi connectivity index (χ2n) is 6.23. The molecule has 0 N–H and O–H groups in total. The predicted octanol–water partition coefficient (Wildman–Crippen LogP) is 8.06. The number of hydrogen-bond acceptors (Lipinski definition) is 3. The summed E-state index contributed by atoms with van der Waals surface area (Å²) >= 11 is 21.7. The third-order valence-corrected chi connectivity index (χ3v) is 5.72. The molecule has 0 aliphatic carbocycles. The van der Waals surface area contributed by atoms with Gasteiger partial charge in [0.2, 0.25) is 0 Å². The van der Waals surface area contributed by atoms with Crippen LogP contribution in [0.25, 0.3) is 11.6 Å². The van der Waals surface area contributed by atoms with Crippen LogP contribution in [-0.2, 0) is 6.61 Å². The van der Waals surface area contributed by atoms with Crippen LogP contribution in [0.1, 0.15) is 16.7 Å². The zero-order valence-corrected chi connectivity index (χ0v) is 19.6. The Labute approximate surface area is 198 Å². The van der Waals surface area contributed by atoms with Gasteiger partial charge in [0, 0.05) is 20.1 Å². The summed E-state index contributed by atoms with van der Waals surface area (Å²) < 4.78 is 12.1. The lowest BCUT2D eigenvalue weighted by Crippen LogP contribution is -1.98. The van der Waals surface area contributed by atoms with Crippen molar-refractivity contribution in [3.05, 3.63) is 90.8 Å². The number of nitrogens with zero attached hydrogens (tertiary/aromatic N) is 1. The molecule has 0 radical (unpaired) electrons. The van der Waals surface area contributed by atoms with Gasteiger partial charge in [-0.1, -0.05) is 68.9 Å². The number of rotatable bonds is 6. The summed E-state index contributed by atoms with van der Waals surface area (Å²) in [5.41, 5.74) is 2.71. The van der Waals surface area contributed by atoms with E-state index in [1.54, 1.807) is 43.5 Å². The van der Waals surface area contributed by atoms with Crippen molar-refractivity contribution in [1.82, 2.24) is 0 Å². The fraction of sp³-hybridized carbons (Fsp3) is 0.0870. The summed E-state index contributed by atoms with van der Waals surface area (Å²) in [7, 11) is 1.56. The number of benzene rings is 3. The Morgan fingerprint density at radius 1 is 1.00 bits per heavy atom. The molecule has 152 valence electrons. The van der Waals surface area contributed by atoms with Crippen molar-refractivity contribution >= 4 is 62.4 Å². The molecule has 0 aliphatic rings. The topological polar surface area (TPSA) is 42.2 Å². The van der Waals surface area contributed by atoms with E-state index in [4.69, 9.17) is 44.3 Å². The van der Waals surface area contributed by atoms with Crippen molar-refractivity contribution in [1.29, 1.82) is 5.26 Å². The van der Waals surface area contributed by atoms with Crippen LogP contribution in [0, 0.1) is 11.3 Å². The predicted molar refractivity (Wildman–Crippen MR) is 126 cm³/mol. The van der Waals surface area contributed by atoms with Gasteiger partial charge < -0.3 is 9.47 Å². The molecule has 0 saturated carbocycles. The summed E-state index contributed by atoms with van der Waals surface area (Å²) in [5.74, 6) is 1.11. The standard InChI is InChI=1S/C23H15BrCl3NO2/c1-29-22-9-15(8-16(12-28)19-7-6-18(26)10-21(19)27)20(24)11-23(22)30-13-14-2-4-17(25)5-3-14/h2-11H,13H2,1H3. The first-order valence-electron chi connectivity index (χ1n) is 8.73. The molecule has 3 rings (SSSR count). The van der Waals surface area contributed by atoms with Crippen LogP contribution in [0.4, 0.5) is 0 Å². The van der Waals surface area contributed by atoms with Crippen LogP contribution in [-0.4, -0.2) is 7.11 Å². The molecule has 0 fully saturated rings. The monoisotopic (exact) mass is 521 g/mol. The highest BCUT2D eigenvalue weighted by molar-refractivity contribution is 9.10. The van der Waals surface area contributed by atoms with Crippen LogP contribution in [0.15, 0.2) is 59.1 Å². The first kappa shape index (κ1) is 22.5. The van der Waals surface area contributed by atoms with Crippen molar-refractivity contribution < 1.29 is 9.47 Å².